The molecule has 2 heterocycles. The van der Waals surface area contributed by atoms with E-state index in [1.807, 2.05) is 13.0 Å². The lowest BCUT2D eigenvalue weighted by Crippen LogP contribution is -2.31. The van der Waals surface area contributed by atoms with Crippen LogP contribution in [0.3, 0.4) is 0 Å². The van der Waals surface area contributed by atoms with Gasteiger partial charge in [0.2, 0.25) is 9.47 Å². The molecule has 10 heteroatoms. The number of carbonyl (C=O) groups excluding carboxylic acids is 1. The van der Waals surface area contributed by atoms with E-state index in [1.54, 1.807) is 18.2 Å². The van der Waals surface area contributed by atoms with Gasteiger partial charge in [-0.15, -0.1) is 10.2 Å². The average Bonchev–Trinajstić information content (AvgIpc) is 3.25. The molecule has 1 unspecified atom stereocenters. The molecule has 1 fully saturated rings. The third-order valence-electron chi connectivity index (χ3n) is 3.66. The van der Waals surface area contributed by atoms with E-state index in [-0.39, 0.29) is 28.0 Å². The molecule has 1 aliphatic rings. The molecule has 0 spiro atoms. The van der Waals surface area contributed by atoms with Crippen LogP contribution in [0, 0.1) is 6.92 Å². The van der Waals surface area contributed by atoms with E-state index < -0.39 is 10.0 Å². The second-order valence-corrected chi connectivity index (χ2v) is 8.60. The zero-order chi connectivity index (χ0) is 17.9. The van der Waals surface area contributed by atoms with Crippen molar-refractivity contribution in [2.45, 2.75) is 30.2 Å². The molecule has 3 rings (SSSR count). The lowest BCUT2D eigenvalue weighted by molar-refractivity contribution is 0.102. The Bertz CT molecular complexity index is 860. The van der Waals surface area contributed by atoms with Gasteiger partial charge in [-0.1, -0.05) is 29.0 Å². The monoisotopic (exact) mass is 382 g/mol. The first-order chi connectivity index (χ1) is 11.9. The molecule has 1 saturated heterocycles. The number of aryl methyl sites for hydroxylation is 1. The highest BCUT2D eigenvalue weighted by Crippen LogP contribution is 2.21. The van der Waals surface area contributed by atoms with Crippen LogP contribution in [0.4, 0.5) is 5.13 Å². The van der Waals surface area contributed by atoms with Gasteiger partial charge in [0.05, 0.1) is 6.10 Å². The molecule has 1 aliphatic heterocycles. The summed E-state index contributed by atoms with van der Waals surface area (Å²) in [4.78, 5) is 12.2. The van der Waals surface area contributed by atoms with E-state index in [0.717, 1.165) is 29.7 Å². The molecule has 2 N–H and O–H groups in total. The highest BCUT2D eigenvalue weighted by atomic mass is 32.2. The molecule has 1 aromatic carbocycles. The van der Waals surface area contributed by atoms with Crippen LogP contribution in [0.25, 0.3) is 0 Å². The number of anilines is 1. The van der Waals surface area contributed by atoms with E-state index >= 15 is 0 Å². The van der Waals surface area contributed by atoms with Gasteiger partial charge in [-0.25, -0.2) is 13.1 Å². The Morgan fingerprint density at radius 1 is 1.40 bits per heavy atom. The van der Waals surface area contributed by atoms with Crippen LogP contribution in [0.15, 0.2) is 28.6 Å². The number of rotatable bonds is 6. The first kappa shape index (κ1) is 17.9. The maximum Gasteiger partial charge on any atom is 0.269 e. The second-order valence-electron chi connectivity index (χ2n) is 5.68. The third kappa shape index (κ3) is 4.60. The van der Waals surface area contributed by atoms with E-state index in [4.69, 9.17) is 4.74 Å². The number of ether oxygens (including phenoxy) is 1. The van der Waals surface area contributed by atoms with Gasteiger partial charge in [0.25, 0.3) is 15.9 Å². The zero-order valence-electron chi connectivity index (χ0n) is 13.6. The minimum atomic E-state index is -3.77. The highest BCUT2D eigenvalue weighted by molar-refractivity contribution is 7.91. The highest BCUT2D eigenvalue weighted by Gasteiger charge is 2.24. The molecule has 1 aromatic heterocycles. The fourth-order valence-electron chi connectivity index (χ4n) is 2.39. The maximum absolute atomic E-state index is 12.2. The van der Waals surface area contributed by atoms with Crippen LogP contribution in [0.2, 0.25) is 0 Å². The Labute approximate surface area is 149 Å². The van der Waals surface area contributed by atoms with Gasteiger partial charge in [0, 0.05) is 18.7 Å². The van der Waals surface area contributed by atoms with Crippen molar-refractivity contribution >= 4 is 32.4 Å². The van der Waals surface area contributed by atoms with Crippen molar-refractivity contribution in [3.05, 3.63) is 35.4 Å². The summed E-state index contributed by atoms with van der Waals surface area (Å²) in [5.41, 5.74) is 1.42. The van der Waals surface area contributed by atoms with Gasteiger partial charge < -0.3 is 4.74 Å². The van der Waals surface area contributed by atoms with E-state index in [0.29, 0.717) is 12.2 Å². The Morgan fingerprint density at radius 3 is 2.96 bits per heavy atom. The van der Waals surface area contributed by atoms with Crippen LogP contribution in [-0.2, 0) is 14.8 Å². The molecule has 25 heavy (non-hydrogen) atoms. The van der Waals surface area contributed by atoms with Crippen molar-refractivity contribution in [2.75, 3.05) is 18.5 Å². The number of hydrogen-bond acceptors (Lipinski definition) is 7. The van der Waals surface area contributed by atoms with Crippen molar-refractivity contribution in [3.63, 3.8) is 0 Å². The van der Waals surface area contributed by atoms with Crippen molar-refractivity contribution in [1.82, 2.24) is 14.9 Å². The smallest absolute Gasteiger partial charge is 0.269 e. The number of hydrogen-bond donors (Lipinski definition) is 2. The minimum Gasteiger partial charge on any atom is -0.377 e. The topological polar surface area (TPSA) is 110 Å². The number of benzene rings is 1. The van der Waals surface area contributed by atoms with Gasteiger partial charge >= 0.3 is 0 Å². The summed E-state index contributed by atoms with van der Waals surface area (Å²) in [5.74, 6) is -0.365. The van der Waals surface area contributed by atoms with Gasteiger partial charge in [-0.3, -0.25) is 10.1 Å². The molecular formula is C15H18N4O4S2. The largest absolute Gasteiger partial charge is 0.377 e. The number of sulfonamides is 1. The Kier molecular flexibility index (Phi) is 5.42. The summed E-state index contributed by atoms with van der Waals surface area (Å²) in [6, 6.07) is 7.06. The molecule has 1 amide bonds. The van der Waals surface area contributed by atoms with E-state index in [2.05, 4.69) is 20.2 Å². The number of aromatic nitrogens is 2. The molecule has 0 radical (unpaired) electrons. The maximum atomic E-state index is 12.2. The number of nitrogens with zero attached hydrogens (tertiary/aromatic N) is 2. The van der Waals surface area contributed by atoms with Crippen molar-refractivity contribution in [3.8, 4) is 0 Å². The lowest BCUT2D eigenvalue weighted by Gasteiger charge is -2.09. The average molecular weight is 382 g/mol. The molecule has 2 aromatic rings. The van der Waals surface area contributed by atoms with Crippen LogP contribution in [0.5, 0.6) is 0 Å². The minimum absolute atomic E-state index is 0.108. The van der Waals surface area contributed by atoms with Crippen molar-refractivity contribution < 1.29 is 17.9 Å². The summed E-state index contributed by atoms with van der Waals surface area (Å²) in [6.45, 7) is 2.74. The molecule has 8 nitrogen and oxygen atoms in total. The van der Waals surface area contributed by atoms with E-state index in [1.165, 1.54) is 0 Å². The number of amides is 1. The summed E-state index contributed by atoms with van der Waals surface area (Å²) in [6.07, 6.45) is 1.65. The first-order valence-electron chi connectivity index (χ1n) is 7.77. The van der Waals surface area contributed by atoms with Crippen LogP contribution in [-0.4, -0.2) is 43.8 Å². The fourth-order valence-corrected chi connectivity index (χ4v) is 4.40. The Balaban J connectivity index is 1.64. The molecule has 134 valence electrons. The third-order valence-corrected chi connectivity index (χ3v) is 6.29. The van der Waals surface area contributed by atoms with E-state index in [9.17, 15) is 13.2 Å². The summed E-state index contributed by atoms with van der Waals surface area (Å²) in [5, 5.41) is 10.1. The molecule has 0 saturated carbocycles. The lowest BCUT2D eigenvalue weighted by atomic mass is 10.1. The van der Waals surface area contributed by atoms with Crippen LogP contribution >= 0.6 is 11.3 Å². The molecule has 0 bridgehead atoms. The number of carbonyl (C=O) groups is 1. The second kappa shape index (κ2) is 7.56. The standard InChI is InChI=1S/C15H18N4O4S2/c1-10-4-2-5-11(8-10)13(20)17-14-18-19-15(24-14)25(21,22)16-9-12-6-3-7-23-12/h2,4-5,8,12,16H,3,6-7,9H2,1H3,(H,17,18,20). The van der Waals surface area contributed by atoms with Gasteiger partial charge in [-0.2, -0.15) is 0 Å². The summed E-state index contributed by atoms with van der Waals surface area (Å²) < 4.78 is 32.1. The summed E-state index contributed by atoms with van der Waals surface area (Å²) >= 11 is 0.804. The normalized spacial score (nSPS) is 17.6. The number of nitrogens with one attached hydrogen (secondary N) is 2. The quantitative estimate of drug-likeness (QED) is 0.734. The summed E-state index contributed by atoms with van der Waals surface area (Å²) in [7, 11) is -3.77. The molecular weight excluding hydrogens is 364 g/mol. The predicted octanol–water partition coefficient (Wildman–Crippen LogP) is 1.56. The van der Waals surface area contributed by atoms with Crippen molar-refractivity contribution in [1.29, 1.82) is 0 Å². The Hall–Kier alpha value is -1.88. The van der Waals surface area contributed by atoms with Crippen LogP contribution in [0.1, 0.15) is 28.8 Å². The van der Waals surface area contributed by atoms with Gasteiger partial charge in [-0.05, 0) is 31.9 Å². The SMILES string of the molecule is Cc1cccc(C(=O)Nc2nnc(S(=O)(=O)NCC3CCCO3)s2)c1. The van der Waals surface area contributed by atoms with Crippen LogP contribution < -0.4 is 10.0 Å². The Morgan fingerprint density at radius 2 is 2.24 bits per heavy atom. The molecule has 0 aliphatic carbocycles. The molecule has 1 atom stereocenters. The van der Waals surface area contributed by atoms with Gasteiger partial charge in [0.15, 0.2) is 0 Å². The fraction of sp³-hybridized carbons (Fsp3) is 0.400. The first-order valence-corrected chi connectivity index (χ1v) is 10.1. The van der Waals surface area contributed by atoms with Crippen molar-refractivity contribution in [2.24, 2.45) is 0 Å². The zero-order valence-corrected chi connectivity index (χ0v) is 15.2. The predicted molar refractivity (Wildman–Crippen MR) is 93.2 cm³/mol. The van der Waals surface area contributed by atoms with Gasteiger partial charge in [0.1, 0.15) is 0 Å².